The lowest BCUT2D eigenvalue weighted by Crippen LogP contribution is -2.21. The zero-order chi connectivity index (χ0) is 18.5. The van der Waals surface area contributed by atoms with Crippen LogP contribution in [0.3, 0.4) is 0 Å². The minimum Gasteiger partial charge on any atom is -0.497 e. The summed E-state index contributed by atoms with van der Waals surface area (Å²) in [6.07, 6.45) is 2.40. The van der Waals surface area contributed by atoms with Crippen LogP contribution in [-0.2, 0) is 6.54 Å². The first-order valence-electron chi connectivity index (χ1n) is 9.38. The van der Waals surface area contributed by atoms with Crippen LogP contribution in [-0.4, -0.2) is 30.2 Å². The maximum absolute atomic E-state index is 5.22. The number of nitrogens with one attached hydrogen (secondary N) is 1. The zero-order valence-electron chi connectivity index (χ0n) is 15.6. The summed E-state index contributed by atoms with van der Waals surface area (Å²) in [5.41, 5.74) is 3.23. The summed E-state index contributed by atoms with van der Waals surface area (Å²) in [6, 6.07) is 20.4. The number of rotatable bonds is 6. The zero-order valence-corrected chi connectivity index (χ0v) is 15.6. The average Bonchev–Trinajstić information content (AvgIpc) is 3.28. The van der Waals surface area contributed by atoms with Crippen LogP contribution in [0.1, 0.15) is 18.4 Å². The van der Waals surface area contributed by atoms with E-state index in [1.165, 1.54) is 18.4 Å². The van der Waals surface area contributed by atoms with E-state index in [-0.39, 0.29) is 0 Å². The summed E-state index contributed by atoms with van der Waals surface area (Å²) < 4.78 is 5.22. The van der Waals surface area contributed by atoms with Gasteiger partial charge < -0.3 is 15.0 Å². The second-order valence-electron chi connectivity index (χ2n) is 6.70. The number of nitrogens with zero attached hydrogens (tertiary/aromatic N) is 3. The molecule has 1 N–H and O–H groups in total. The summed E-state index contributed by atoms with van der Waals surface area (Å²) in [6.45, 7) is 2.75. The molecule has 2 heterocycles. The highest BCUT2D eigenvalue weighted by atomic mass is 16.5. The van der Waals surface area contributed by atoms with Gasteiger partial charge in [0.05, 0.1) is 12.8 Å². The van der Waals surface area contributed by atoms with Gasteiger partial charge in [-0.3, -0.25) is 0 Å². The van der Waals surface area contributed by atoms with Gasteiger partial charge in [-0.2, -0.15) is 4.98 Å². The van der Waals surface area contributed by atoms with Gasteiger partial charge >= 0.3 is 0 Å². The first-order chi connectivity index (χ1) is 13.3. The molecule has 1 fully saturated rings. The molecule has 0 saturated carbocycles. The number of ether oxygens (including phenoxy) is 1. The number of aromatic nitrogens is 2. The van der Waals surface area contributed by atoms with Gasteiger partial charge in [0.25, 0.3) is 0 Å². The Hall–Kier alpha value is -3.08. The molecule has 0 spiro atoms. The molecule has 5 nitrogen and oxygen atoms in total. The molecule has 0 unspecified atom stereocenters. The minimum absolute atomic E-state index is 0.703. The largest absolute Gasteiger partial charge is 0.497 e. The molecule has 1 saturated heterocycles. The Morgan fingerprint density at radius 3 is 2.41 bits per heavy atom. The highest BCUT2D eigenvalue weighted by Crippen LogP contribution is 2.25. The van der Waals surface area contributed by atoms with Crippen LogP contribution in [0.4, 0.5) is 11.8 Å². The van der Waals surface area contributed by atoms with Crippen molar-refractivity contribution in [3.8, 4) is 17.0 Å². The van der Waals surface area contributed by atoms with Crippen LogP contribution >= 0.6 is 0 Å². The normalized spacial score (nSPS) is 13.6. The Labute approximate surface area is 160 Å². The maximum atomic E-state index is 5.22. The summed E-state index contributed by atoms with van der Waals surface area (Å²) in [5.74, 6) is 2.52. The molecule has 0 aliphatic carbocycles. The van der Waals surface area contributed by atoms with E-state index in [0.29, 0.717) is 6.54 Å². The van der Waals surface area contributed by atoms with Gasteiger partial charge in [0.15, 0.2) is 0 Å². The highest BCUT2D eigenvalue weighted by Gasteiger charge is 2.17. The van der Waals surface area contributed by atoms with E-state index in [9.17, 15) is 0 Å². The van der Waals surface area contributed by atoms with Crippen molar-refractivity contribution < 1.29 is 4.74 Å². The van der Waals surface area contributed by atoms with Crippen molar-refractivity contribution in [3.63, 3.8) is 0 Å². The number of anilines is 2. The third-order valence-corrected chi connectivity index (χ3v) is 4.81. The molecule has 5 heteroatoms. The van der Waals surface area contributed by atoms with Crippen LogP contribution in [0, 0.1) is 0 Å². The van der Waals surface area contributed by atoms with Gasteiger partial charge in [-0.05, 0) is 30.5 Å². The Balaban J connectivity index is 1.59. The molecular weight excluding hydrogens is 336 g/mol. The molecule has 1 aliphatic rings. The fourth-order valence-electron chi connectivity index (χ4n) is 3.28. The van der Waals surface area contributed by atoms with Crippen LogP contribution < -0.4 is 15.0 Å². The smallest absolute Gasteiger partial charge is 0.227 e. The molecule has 2 aromatic carbocycles. The lowest BCUT2D eigenvalue weighted by Gasteiger charge is -2.18. The van der Waals surface area contributed by atoms with Gasteiger partial charge in [-0.25, -0.2) is 4.98 Å². The third-order valence-electron chi connectivity index (χ3n) is 4.81. The quantitative estimate of drug-likeness (QED) is 0.708. The lowest BCUT2D eigenvalue weighted by molar-refractivity contribution is 0.414. The van der Waals surface area contributed by atoms with E-state index in [0.717, 1.165) is 41.9 Å². The standard InChI is InChI=1S/C22H24N4O/c1-27-19-11-9-17(10-12-19)16-23-21-15-20(18-7-3-2-4-8-18)24-22(25-21)26-13-5-6-14-26/h2-4,7-12,15H,5-6,13-14,16H2,1H3,(H,23,24,25). The lowest BCUT2D eigenvalue weighted by atomic mass is 10.1. The second kappa shape index (κ2) is 8.08. The second-order valence-corrected chi connectivity index (χ2v) is 6.70. The molecule has 1 aromatic heterocycles. The SMILES string of the molecule is COc1ccc(CNc2cc(-c3ccccc3)nc(N3CCCC3)n2)cc1. The predicted octanol–water partition coefficient (Wildman–Crippen LogP) is 4.36. The van der Waals surface area contributed by atoms with Crippen molar-refractivity contribution in [1.29, 1.82) is 0 Å². The van der Waals surface area contributed by atoms with E-state index in [2.05, 4.69) is 34.5 Å². The van der Waals surface area contributed by atoms with Gasteiger partial charge in [0.1, 0.15) is 11.6 Å². The summed E-state index contributed by atoms with van der Waals surface area (Å²) in [5, 5.41) is 3.45. The van der Waals surface area contributed by atoms with Crippen LogP contribution in [0.15, 0.2) is 60.7 Å². The fourth-order valence-corrected chi connectivity index (χ4v) is 3.28. The van der Waals surface area contributed by atoms with Crippen molar-refractivity contribution in [1.82, 2.24) is 9.97 Å². The van der Waals surface area contributed by atoms with E-state index < -0.39 is 0 Å². The van der Waals surface area contributed by atoms with Gasteiger partial charge in [0, 0.05) is 31.3 Å². The van der Waals surface area contributed by atoms with E-state index in [1.54, 1.807) is 7.11 Å². The molecule has 0 bridgehead atoms. The van der Waals surface area contributed by atoms with Crippen LogP contribution in [0.2, 0.25) is 0 Å². The Morgan fingerprint density at radius 1 is 0.963 bits per heavy atom. The number of hydrogen-bond acceptors (Lipinski definition) is 5. The van der Waals surface area contributed by atoms with Gasteiger partial charge in [-0.15, -0.1) is 0 Å². The summed E-state index contributed by atoms with van der Waals surface area (Å²) in [4.78, 5) is 11.9. The van der Waals surface area contributed by atoms with Gasteiger partial charge in [0.2, 0.25) is 5.95 Å². The maximum Gasteiger partial charge on any atom is 0.227 e. The van der Waals surface area contributed by atoms with Crippen molar-refractivity contribution in [2.75, 3.05) is 30.4 Å². The molecule has 1 aliphatic heterocycles. The Kier molecular flexibility index (Phi) is 5.19. The van der Waals surface area contributed by atoms with E-state index in [4.69, 9.17) is 14.7 Å². The topological polar surface area (TPSA) is 50.3 Å². The molecule has 138 valence electrons. The monoisotopic (exact) mass is 360 g/mol. The molecule has 4 rings (SSSR count). The summed E-state index contributed by atoms with van der Waals surface area (Å²) >= 11 is 0. The first-order valence-corrected chi connectivity index (χ1v) is 9.38. The molecule has 0 radical (unpaired) electrons. The number of methoxy groups -OCH3 is 1. The van der Waals surface area contributed by atoms with E-state index >= 15 is 0 Å². The van der Waals surface area contributed by atoms with Crippen LogP contribution in [0.25, 0.3) is 11.3 Å². The fraction of sp³-hybridized carbons (Fsp3) is 0.273. The van der Waals surface area contributed by atoms with Crippen LogP contribution in [0.5, 0.6) is 5.75 Å². The Morgan fingerprint density at radius 2 is 1.70 bits per heavy atom. The number of benzene rings is 2. The first kappa shape index (κ1) is 17.3. The van der Waals surface area contributed by atoms with Crippen molar-refractivity contribution >= 4 is 11.8 Å². The third kappa shape index (κ3) is 4.19. The van der Waals surface area contributed by atoms with Gasteiger partial charge in [-0.1, -0.05) is 42.5 Å². The van der Waals surface area contributed by atoms with Crippen molar-refractivity contribution in [3.05, 3.63) is 66.2 Å². The predicted molar refractivity (Wildman–Crippen MR) is 109 cm³/mol. The Bertz CT molecular complexity index is 875. The molecule has 0 amide bonds. The van der Waals surface area contributed by atoms with E-state index in [1.807, 2.05) is 36.4 Å². The highest BCUT2D eigenvalue weighted by molar-refractivity contribution is 5.64. The summed E-state index contributed by atoms with van der Waals surface area (Å²) in [7, 11) is 1.68. The van der Waals surface area contributed by atoms with Crippen molar-refractivity contribution in [2.45, 2.75) is 19.4 Å². The number of hydrogen-bond donors (Lipinski definition) is 1. The average molecular weight is 360 g/mol. The molecule has 3 aromatic rings. The van der Waals surface area contributed by atoms with Crippen molar-refractivity contribution in [2.24, 2.45) is 0 Å². The minimum atomic E-state index is 0.703. The molecule has 0 atom stereocenters. The molecular formula is C22H24N4O. The molecule has 27 heavy (non-hydrogen) atoms.